The van der Waals surface area contributed by atoms with Crippen LogP contribution in [0.15, 0.2) is 48.5 Å². The third-order valence-electron chi connectivity index (χ3n) is 2.49. The molecule has 0 atom stereocenters. The smallest absolute Gasteiger partial charge is 0.151 e. The second kappa shape index (κ2) is 6.83. The molecule has 0 bridgehead atoms. The Morgan fingerprint density at radius 3 is 2.41 bits per heavy atom. The Hall–Kier alpha value is -0.786. The van der Waals surface area contributed by atoms with Crippen LogP contribution in [-0.2, 0) is 32.7 Å². The van der Waals surface area contributed by atoms with Crippen LogP contribution in [0.1, 0.15) is 11.1 Å². The molecule has 0 aliphatic carbocycles. The van der Waals surface area contributed by atoms with Crippen molar-refractivity contribution in [1.82, 2.24) is 0 Å². The molecule has 0 fully saturated rings. The molecule has 2 rings (SSSR count). The average Bonchev–Trinajstić information content (AvgIpc) is 2.33. The Labute approximate surface area is 128 Å². The van der Waals surface area contributed by atoms with Crippen molar-refractivity contribution in [2.24, 2.45) is 0 Å². The van der Waals surface area contributed by atoms with Gasteiger partial charge in [0.15, 0.2) is 6.21 Å². The third-order valence-corrected chi connectivity index (χ3v) is 2.49. The van der Waals surface area contributed by atoms with E-state index in [0.29, 0.717) is 0 Å². The van der Waals surface area contributed by atoms with E-state index in [1.54, 1.807) is 0 Å². The quantitative estimate of drug-likeness (QED) is 0.455. The Morgan fingerprint density at radius 2 is 1.76 bits per heavy atom. The number of nitrogens with zero attached hydrogens (tertiary/aromatic N) is 1. The summed E-state index contributed by atoms with van der Waals surface area (Å²) >= 11 is 0. The minimum Gasteiger partial charge on any atom is -0.299 e. The monoisotopic (exact) mass is 297 g/mol. The first kappa shape index (κ1) is 14.3. The molecule has 0 N–H and O–H groups in total. The van der Waals surface area contributed by atoms with Gasteiger partial charge in [0.1, 0.15) is 7.05 Å². The van der Waals surface area contributed by atoms with Gasteiger partial charge in [0.05, 0.1) is 0 Å². The topological polar surface area (TPSA) is 3.01 Å². The van der Waals surface area contributed by atoms with Crippen LogP contribution in [0.4, 0.5) is 5.69 Å². The number of rotatable bonds is 2. The molecule has 83 valence electrons. The predicted molar refractivity (Wildman–Crippen MR) is 66.4 cm³/mol. The molecule has 0 saturated carbocycles. The van der Waals surface area contributed by atoms with Gasteiger partial charge in [-0.25, -0.2) is 0 Å². The van der Waals surface area contributed by atoms with Crippen LogP contribution in [0.3, 0.4) is 0 Å². The largest absolute Gasteiger partial charge is 0.299 e. The fraction of sp³-hybridized carbons (Fsp3) is 0.133. The van der Waals surface area contributed by atoms with Gasteiger partial charge in [-0.05, 0) is 0 Å². The molecule has 2 aromatic carbocycles. The summed E-state index contributed by atoms with van der Waals surface area (Å²) in [5, 5.41) is 0. The van der Waals surface area contributed by atoms with Gasteiger partial charge in [-0.2, -0.15) is 24.3 Å². The number of para-hydroxylation sites is 1. The molecule has 1 nitrogen and oxygen atoms in total. The van der Waals surface area contributed by atoms with Gasteiger partial charge in [-0.1, -0.05) is 18.6 Å². The Morgan fingerprint density at radius 1 is 1.06 bits per heavy atom. The minimum atomic E-state index is 0. The molecule has 2 aromatic rings. The Kier molecular flexibility index (Phi) is 5.74. The van der Waals surface area contributed by atoms with Gasteiger partial charge < -0.3 is 0 Å². The van der Waals surface area contributed by atoms with Crippen molar-refractivity contribution in [2.75, 3.05) is 7.05 Å². The summed E-state index contributed by atoms with van der Waals surface area (Å²) < 4.78 is 1.96. The maximum absolute atomic E-state index is 3.33. The van der Waals surface area contributed by atoms with E-state index in [1.807, 2.05) is 48.0 Å². The summed E-state index contributed by atoms with van der Waals surface area (Å²) in [5.41, 5.74) is 3.36. The molecule has 1 radical (unpaired) electrons. The van der Waals surface area contributed by atoms with Crippen molar-refractivity contribution in [3.63, 3.8) is 0 Å². The van der Waals surface area contributed by atoms with Gasteiger partial charge in [0.25, 0.3) is 0 Å². The maximum atomic E-state index is 3.33. The van der Waals surface area contributed by atoms with Crippen molar-refractivity contribution in [1.29, 1.82) is 0 Å². The molecule has 0 aliphatic heterocycles. The molecule has 0 spiro atoms. The third kappa shape index (κ3) is 3.87. The molecule has 0 unspecified atom stereocenters. The summed E-state index contributed by atoms with van der Waals surface area (Å²) in [4.78, 5) is 0. The van der Waals surface area contributed by atoms with E-state index < -0.39 is 0 Å². The molecule has 0 aromatic heterocycles. The Balaban J connectivity index is 0.00000144. The van der Waals surface area contributed by atoms with E-state index in [2.05, 4.69) is 31.3 Å². The summed E-state index contributed by atoms with van der Waals surface area (Å²) in [6.07, 6.45) is 3.33. The Bertz CT molecular complexity index is 503. The van der Waals surface area contributed by atoms with Crippen molar-refractivity contribution in [3.05, 3.63) is 65.7 Å². The molecule has 0 saturated heterocycles. The number of hydrogen-bond donors (Lipinski definition) is 0. The summed E-state index contributed by atoms with van der Waals surface area (Å²) in [6.45, 7) is 2.09. The number of benzene rings is 2. The van der Waals surface area contributed by atoms with Gasteiger partial charge in [-0.15, -0.1) is 29.8 Å². The van der Waals surface area contributed by atoms with Crippen LogP contribution < -0.4 is 0 Å². The molecular formula is C15H14NY-. The second-order valence-electron chi connectivity index (χ2n) is 3.73. The van der Waals surface area contributed by atoms with Crippen molar-refractivity contribution < 1.29 is 37.3 Å². The van der Waals surface area contributed by atoms with Crippen LogP contribution in [0.25, 0.3) is 0 Å². The number of hydrogen-bond acceptors (Lipinski definition) is 0. The fourth-order valence-electron chi connectivity index (χ4n) is 1.53. The molecule has 0 amide bonds. The van der Waals surface area contributed by atoms with Crippen molar-refractivity contribution in [3.8, 4) is 0 Å². The van der Waals surface area contributed by atoms with E-state index in [9.17, 15) is 0 Å². The van der Waals surface area contributed by atoms with Crippen LogP contribution in [0, 0.1) is 13.0 Å². The molecule has 2 heteroatoms. The van der Waals surface area contributed by atoms with Crippen LogP contribution in [0.5, 0.6) is 0 Å². The van der Waals surface area contributed by atoms with Crippen LogP contribution in [0.2, 0.25) is 0 Å². The zero-order valence-electron chi connectivity index (χ0n) is 10.1. The SMILES string of the molecule is Cc1ccccc1[C-]=[N+](C)c1[c-]cccc1.[Y]. The first-order chi connectivity index (χ1) is 7.77. The normalized spacial score (nSPS) is 10.8. The van der Waals surface area contributed by atoms with Crippen LogP contribution >= 0.6 is 0 Å². The van der Waals surface area contributed by atoms with E-state index in [4.69, 9.17) is 0 Å². The second-order valence-corrected chi connectivity index (χ2v) is 3.73. The van der Waals surface area contributed by atoms with Crippen molar-refractivity contribution >= 4 is 11.9 Å². The van der Waals surface area contributed by atoms with E-state index in [1.165, 1.54) is 5.56 Å². The maximum Gasteiger partial charge on any atom is 0.151 e. The fourth-order valence-corrected chi connectivity index (χ4v) is 1.53. The molecule has 0 aliphatic rings. The van der Waals surface area contributed by atoms with E-state index >= 15 is 0 Å². The first-order valence-corrected chi connectivity index (χ1v) is 5.30. The van der Waals surface area contributed by atoms with Gasteiger partial charge in [0.2, 0.25) is 0 Å². The molecular weight excluding hydrogens is 283 g/mol. The average molecular weight is 297 g/mol. The van der Waals surface area contributed by atoms with Crippen LogP contribution in [-0.4, -0.2) is 17.8 Å². The summed E-state index contributed by atoms with van der Waals surface area (Å²) in [7, 11) is 1.98. The van der Waals surface area contributed by atoms with Crippen molar-refractivity contribution in [2.45, 2.75) is 6.92 Å². The van der Waals surface area contributed by atoms with E-state index in [0.717, 1.165) is 11.3 Å². The zero-order chi connectivity index (χ0) is 11.4. The number of aryl methyl sites for hydroxylation is 1. The zero-order valence-corrected chi connectivity index (χ0v) is 13.0. The summed E-state index contributed by atoms with van der Waals surface area (Å²) in [6, 6.07) is 19.3. The van der Waals surface area contributed by atoms with Gasteiger partial charge in [-0.3, -0.25) is 4.58 Å². The standard InChI is InChI=1S/C15H14N.Y/c1-13-8-6-7-9-14(13)12-16(2)15-10-4-3-5-11-15;/h3-10H,1-2H3;/q-1;. The van der Waals surface area contributed by atoms with Gasteiger partial charge in [0, 0.05) is 38.4 Å². The molecule has 0 heterocycles. The van der Waals surface area contributed by atoms with E-state index in [-0.39, 0.29) is 32.7 Å². The minimum absolute atomic E-state index is 0. The predicted octanol–water partition coefficient (Wildman–Crippen LogP) is 3.06. The summed E-state index contributed by atoms with van der Waals surface area (Å²) in [5.74, 6) is 0. The first-order valence-electron chi connectivity index (χ1n) is 5.30. The molecule has 17 heavy (non-hydrogen) atoms. The van der Waals surface area contributed by atoms with Gasteiger partial charge >= 0.3 is 0 Å².